The van der Waals surface area contributed by atoms with E-state index in [0.29, 0.717) is 29.4 Å². The second-order valence-electron chi connectivity index (χ2n) is 6.45. The number of carbonyl (C=O) groups excluding carboxylic acids is 2. The minimum Gasteiger partial charge on any atom is -0.455 e. The van der Waals surface area contributed by atoms with Crippen LogP contribution in [0, 0.1) is 12.8 Å². The molecule has 23 heavy (non-hydrogen) atoms. The van der Waals surface area contributed by atoms with Crippen LogP contribution in [-0.4, -0.2) is 43.3 Å². The van der Waals surface area contributed by atoms with Gasteiger partial charge in [0.2, 0.25) is 0 Å². The third kappa shape index (κ3) is 3.45. The molecule has 5 nitrogen and oxygen atoms in total. The number of ketones is 1. The zero-order chi connectivity index (χ0) is 15.7. The fraction of sp³-hybridized carbons (Fsp3) is 0.647. The molecular formula is C17H25ClN2O3. The number of nitrogens with one attached hydrogen (secondary N) is 1. The Balaban J connectivity index is 0.00000192. The molecule has 0 saturated carbocycles. The fourth-order valence-corrected chi connectivity index (χ4v) is 3.70. The van der Waals surface area contributed by atoms with Crippen molar-refractivity contribution in [1.29, 1.82) is 0 Å². The van der Waals surface area contributed by atoms with Gasteiger partial charge in [-0.3, -0.25) is 9.59 Å². The SMILES string of the molecule is CNCC1CCCN(C(=O)c2oc3c(c2C)C(=O)CCC3)C1.Cl. The van der Waals surface area contributed by atoms with Gasteiger partial charge in [0.05, 0.1) is 5.56 Å². The molecule has 1 N–H and O–H groups in total. The molecule has 0 aromatic carbocycles. The van der Waals surface area contributed by atoms with Crippen molar-refractivity contribution in [2.45, 2.75) is 39.0 Å². The summed E-state index contributed by atoms with van der Waals surface area (Å²) >= 11 is 0. The molecular weight excluding hydrogens is 316 g/mol. The number of hydrogen-bond donors (Lipinski definition) is 1. The molecule has 3 rings (SSSR count). The van der Waals surface area contributed by atoms with E-state index in [1.807, 2.05) is 18.9 Å². The number of fused-ring (bicyclic) bond motifs is 1. The van der Waals surface area contributed by atoms with E-state index < -0.39 is 0 Å². The second kappa shape index (κ2) is 7.49. The molecule has 1 aromatic rings. The van der Waals surface area contributed by atoms with Crippen molar-refractivity contribution in [2.24, 2.45) is 5.92 Å². The van der Waals surface area contributed by atoms with Crippen molar-refractivity contribution in [2.75, 3.05) is 26.7 Å². The van der Waals surface area contributed by atoms with Crippen LogP contribution in [0.3, 0.4) is 0 Å². The summed E-state index contributed by atoms with van der Waals surface area (Å²) in [5.74, 6) is 1.65. The lowest BCUT2D eigenvalue weighted by atomic mass is 9.93. The van der Waals surface area contributed by atoms with Gasteiger partial charge in [0.15, 0.2) is 11.5 Å². The van der Waals surface area contributed by atoms with Gasteiger partial charge in [0.25, 0.3) is 5.91 Å². The number of furan rings is 1. The third-order valence-corrected chi connectivity index (χ3v) is 4.80. The van der Waals surface area contributed by atoms with Crippen molar-refractivity contribution in [1.82, 2.24) is 10.2 Å². The van der Waals surface area contributed by atoms with E-state index >= 15 is 0 Å². The minimum absolute atomic E-state index is 0. The molecule has 1 saturated heterocycles. The number of hydrogen-bond acceptors (Lipinski definition) is 4. The maximum absolute atomic E-state index is 12.8. The molecule has 0 spiro atoms. The number of aryl methyl sites for hydroxylation is 1. The van der Waals surface area contributed by atoms with Crippen molar-refractivity contribution in [3.8, 4) is 0 Å². The summed E-state index contributed by atoms with van der Waals surface area (Å²) in [6.45, 7) is 4.31. The summed E-state index contributed by atoms with van der Waals surface area (Å²) in [5, 5.41) is 3.19. The van der Waals surface area contributed by atoms with Crippen molar-refractivity contribution in [3.63, 3.8) is 0 Å². The van der Waals surface area contributed by atoms with Gasteiger partial charge in [-0.15, -0.1) is 12.4 Å². The lowest BCUT2D eigenvalue weighted by Gasteiger charge is -2.32. The van der Waals surface area contributed by atoms with E-state index in [0.717, 1.165) is 50.9 Å². The van der Waals surface area contributed by atoms with Crippen molar-refractivity contribution < 1.29 is 14.0 Å². The fourth-order valence-electron chi connectivity index (χ4n) is 3.70. The monoisotopic (exact) mass is 340 g/mol. The molecule has 128 valence electrons. The van der Waals surface area contributed by atoms with Crippen LogP contribution in [0.4, 0.5) is 0 Å². The maximum Gasteiger partial charge on any atom is 0.289 e. The second-order valence-corrected chi connectivity index (χ2v) is 6.45. The van der Waals surface area contributed by atoms with Crippen LogP contribution in [0.15, 0.2) is 4.42 Å². The normalized spacial score (nSPS) is 20.9. The first-order chi connectivity index (χ1) is 10.6. The summed E-state index contributed by atoms with van der Waals surface area (Å²) in [6.07, 6.45) is 4.32. The van der Waals surface area contributed by atoms with E-state index in [1.54, 1.807) is 0 Å². The Kier molecular flexibility index (Phi) is 5.87. The third-order valence-electron chi connectivity index (χ3n) is 4.80. The highest BCUT2D eigenvalue weighted by Crippen LogP contribution is 2.30. The molecule has 2 aliphatic rings. The molecule has 2 heterocycles. The topological polar surface area (TPSA) is 62.6 Å². The molecule has 0 radical (unpaired) electrons. The van der Waals surface area contributed by atoms with Gasteiger partial charge in [0.1, 0.15) is 5.76 Å². The Hall–Kier alpha value is -1.33. The van der Waals surface area contributed by atoms with Crippen LogP contribution < -0.4 is 5.32 Å². The first-order valence-corrected chi connectivity index (χ1v) is 8.21. The van der Waals surface area contributed by atoms with Crippen molar-refractivity contribution in [3.05, 3.63) is 22.6 Å². The van der Waals surface area contributed by atoms with Crippen LogP contribution in [0.1, 0.15) is 57.9 Å². The Morgan fingerprint density at radius 1 is 1.35 bits per heavy atom. The summed E-state index contributed by atoms with van der Waals surface area (Å²) < 4.78 is 5.79. The summed E-state index contributed by atoms with van der Waals surface area (Å²) in [6, 6.07) is 0. The summed E-state index contributed by atoms with van der Waals surface area (Å²) in [5.41, 5.74) is 1.40. The van der Waals surface area contributed by atoms with E-state index in [4.69, 9.17) is 4.42 Å². The molecule has 1 atom stereocenters. The predicted molar refractivity (Wildman–Crippen MR) is 90.5 cm³/mol. The van der Waals surface area contributed by atoms with Gasteiger partial charge in [-0.2, -0.15) is 0 Å². The zero-order valence-electron chi connectivity index (χ0n) is 13.8. The first kappa shape index (κ1) is 18.0. The molecule has 0 bridgehead atoms. The number of rotatable bonds is 3. The quantitative estimate of drug-likeness (QED) is 0.918. The van der Waals surface area contributed by atoms with E-state index in [-0.39, 0.29) is 24.1 Å². The highest BCUT2D eigenvalue weighted by Gasteiger charge is 2.32. The molecule has 1 aliphatic heterocycles. The minimum atomic E-state index is -0.0551. The van der Waals surface area contributed by atoms with Gasteiger partial charge in [0, 0.05) is 31.5 Å². The highest BCUT2D eigenvalue weighted by molar-refractivity contribution is 6.03. The summed E-state index contributed by atoms with van der Waals surface area (Å²) in [7, 11) is 1.94. The smallest absolute Gasteiger partial charge is 0.289 e. The average molecular weight is 341 g/mol. The molecule has 1 unspecified atom stereocenters. The molecule has 1 fully saturated rings. The Bertz CT molecular complexity index is 595. The lowest BCUT2D eigenvalue weighted by molar-refractivity contribution is 0.0639. The summed E-state index contributed by atoms with van der Waals surface area (Å²) in [4.78, 5) is 26.7. The Labute approximate surface area is 143 Å². The van der Waals surface area contributed by atoms with Gasteiger partial charge in [-0.1, -0.05) is 0 Å². The maximum atomic E-state index is 12.8. The number of likely N-dealkylation sites (tertiary alicyclic amines) is 1. The number of Topliss-reactive ketones (excluding diaryl/α,β-unsaturated/α-hetero) is 1. The zero-order valence-corrected chi connectivity index (χ0v) is 14.6. The Morgan fingerprint density at radius 3 is 2.83 bits per heavy atom. The van der Waals surface area contributed by atoms with Crippen LogP contribution in [0.25, 0.3) is 0 Å². The van der Waals surface area contributed by atoms with E-state index in [2.05, 4.69) is 5.32 Å². The van der Waals surface area contributed by atoms with Crippen molar-refractivity contribution >= 4 is 24.1 Å². The molecule has 1 amide bonds. The number of piperidine rings is 1. The van der Waals surface area contributed by atoms with Crippen LogP contribution in [0.2, 0.25) is 0 Å². The average Bonchev–Trinajstić information content (AvgIpc) is 2.85. The lowest BCUT2D eigenvalue weighted by Crippen LogP contribution is -2.42. The Morgan fingerprint density at radius 2 is 2.13 bits per heavy atom. The predicted octanol–water partition coefficient (Wildman–Crippen LogP) is 2.60. The molecule has 1 aliphatic carbocycles. The van der Waals surface area contributed by atoms with Gasteiger partial charge < -0.3 is 14.6 Å². The van der Waals surface area contributed by atoms with Crippen LogP contribution >= 0.6 is 12.4 Å². The van der Waals surface area contributed by atoms with Gasteiger partial charge in [-0.05, 0) is 45.7 Å². The van der Waals surface area contributed by atoms with E-state index in [1.165, 1.54) is 0 Å². The molecule has 1 aromatic heterocycles. The van der Waals surface area contributed by atoms with Crippen LogP contribution in [0.5, 0.6) is 0 Å². The largest absolute Gasteiger partial charge is 0.455 e. The number of carbonyl (C=O) groups is 2. The number of nitrogens with zero attached hydrogens (tertiary/aromatic N) is 1. The molecule has 6 heteroatoms. The van der Waals surface area contributed by atoms with E-state index in [9.17, 15) is 9.59 Å². The standard InChI is InChI=1S/C17H24N2O3.ClH/c1-11-15-13(20)6-3-7-14(15)22-16(11)17(21)19-8-4-5-12(10-19)9-18-2;/h12,18H,3-10H2,1-2H3;1H. The number of halogens is 1. The first-order valence-electron chi connectivity index (χ1n) is 8.21. The van der Waals surface area contributed by atoms with Crippen LogP contribution in [-0.2, 0) is 6.42 Å². The highest BCUT2D eigenvalue weighted by atomic mass is 35.5. The van der Waals surface area contributed by atoms with Gasteiger partial charge >= 0.3 is 0 Å². The number of amides is 1. The van der Waals surface area contributed by atoms with Gasteiger partial charge in [-0.25, -0.2) is 0 Å².